The minimum Gasteiger partial charge on any atom is -0.497 e. The van der Waals surface area contributed by atoms with Gasteiger partial charge in [0.1, 0.15) is 22.9 Å². The number of hydrogen-bond donors (Lipinski definition) is 2. The van der Waals surface area contributed by atoms with Gasteiger partial charge in [-0.05, 0) is 36.4 Å². The molecule has 134 valence electrons. The fourth-order valence-electron chi connectivity index (χ4n) is 2.52. The van der Waals surface area contributed by atoms with Crippen LogP contribution in [0.1, 0.15) is 16.1 Å². The van der Waals surface area contributed by atoms with Gasteiger partial charge in [-0.15, -0.1) is 0 Å². The van der Waals surface area contributed by atoms with Gasteiger partial charge >= 0.3 is 0 Å². The molecule has 0 saturated carbocycles. The first-order chi connectivity index (χ1) is 12.6. The Morgan fingerprint density at radius 2 is 1.73 bits per heavy atom. The number of aromatic amines is 1. The minimum atomic E-state index is -0.349. The molecule has 7 heteroatoms. The van der Waals surface area contributed by atoms with E-state index in [0.29, 0.717) is 22.8 Å². The first-order valence-corrected chi connectivity index (χ1v) is 7.87. The second kappa shape index (κ2) is 7.60. The van der Waals surface area contributed by atoms with E-state index in [2.05, 4.69) is 15.5 Å². The molecule has 0 fully saturated rings. The molecule has 0 radical (unpaired) electrons. The van der Waals surface area contributed by atoms with Crippen molar-refractivity contribution in [3.63, 3.8) is 0 Å². The van der Waals surface area contributed by atoms with Gasteiger partial charge in [0.15, 0.2) is 0 Å². The predicted molar refractivity (Wildman–Crippen MR) is 99.5 cm³/mol. The molecule has 0 aliphatic heterocycles. The van der Waals surface area contributed by atoms with Crippen LogP contribution in [-0.2, 0) is 0 Å². The summed E-state index contributed by atoms with van der Waals surface area (Å²) in [7, 11) is 4.74. The van der Waals surface area contributed by atoms with E-state index in [1.807, 2.05) is 18.2 Å². The summed E-state index contributed by atoms with van der Waals surface area (Å²) in [6, 6.07) is 12.6. The molecule has 26 heavy (non-hydrogen) atoms. The number of nitrogens with zero attached hydrogens (tertiary/aromatic N) is 1. The van der Waals surface area contributed by atoms with Crippen LogP contribution in [0.4, 0.5) is 0 Å². The van der Waals surface area contributed by atoms with E-state index in [1.165, 1.54) is 6.21 Å². The Morgan fingerprint density at radius 3 is 2.46 bits per heavy atom. The molecular formula is C19H19N3O4. The average molecular weight is 353 g/mol. The van der Waals surface area contributed by atoms with Gasteiger partial charge in [-0.1, -0.05) is 0 Å². The molecule has 0 unspecified atom stereocenters. The van der Waals surface area contributed by atoms with Gasteiger partial charge in [-0.2, -0.15) is 5.10 Å². The number of rotatable bonds is 6. The van der Waals surface area contributed by atoms with Crippen molar-refractivity contribution >= 4 is 23.0 Å². The molecule has 2 N–H and O–H groups in total. The smallest absolute Gasteiger partial charge is 0.287 e. The van der Waals surface area contributed by atoms with Crippen LogP contribution < -0.4 is 19.6 Å². The first-order valence-electron chi connectivity index (χ1n) is 7.87. The topological polar surface area (TPSA) is 84.9 Å². The second-order valence-electron chi connectivity index (χ2n) is 5.44. The van der Waals surface area contributed by atoms with Gasteiger partial charge in [0.25, 0.3) is 5.91 Å². The fourth-order valence-corrected chi connectivity index (χ4v) is 2.52. The summed E-state index contributed by atoms with van der Waals surface area (Å²) in [4.78, 5) is 15.3. The van der Waals surface area contributed by atoms with Crippen LogP contribution >= 0.6 is 0 Å². The number of fused-ring (bicyclic) bond motifs is 1. The normalized spacial score (nSPS) is 10.9. The minimum absolute atomic E-state index is 0.349. The van der Waals surface area contributed by atoms with Crippen LogP contribution in [0.15, 0.2) is 47.6 Å². The summed E-state index contributed by atoms with van der Waals surface area (Å²) in [6.45, 7) is 0. The van der Waals surface area contributed by atoms with E-state index < -0.39 is 0 Å². The number of benzene rings is 2. The third kappa shape index (κ3) is 3.61. The molecule has 3 aromatic rings. The van der Waals surface area contributed by atoms with Crippen molar-refractivity contribution in [2.24, 2.45) is 5.10 Å². The number of H-pyrrole nitrogens is 1. The van der Waals surface area contributed by atoms with Crippen molar-refractivity contribution in [2.75, 3.05) is 21.3 Å². The number of aromatic nitrogens is 1. The van der Waals surface area contributed by atoms with Crippen molar-refractivity contribution in [1.82, 2.24) is 10.4 Å². The van der Waals surface area contributed by atoms with Crippen molar-refractivity contribution in [3.8, 4) is 17.2 Å². The summed E-state index contributed by atoms with van der Waals surface area (Å²) >= 11 is 0. The second-order valence-corrected chi connectivity index (χ2v) is 5.44. The zero-order chi connectivity index (χ0) is 18.5. The molecule has 7 nitrogen and oxygen atoms in total. The van der Waals surface area contributed by atoms with E-state index in [1.54, 1.807) is 45.6 Å². The largest absolute Gasteiger partial charge is 0.497 e. The van der Waals surface area contributed by atoms with Crippen molar-refractivity contribution < 1.29 is 19.0 Å². The highest BCUT2D eigenvalue weighted by Crippen LogP contribution is 2.23. The monoisotopic (exact) mass is 353 g/mol. The van der Waals surface area contributed by atoms with Gasteiger partial charge in [0.05, 0.1) is 27.5 Å². The summed E-state index contributed by atoms with van der Waals surface area (Å²) in [5.74, 6) is 1.66. The molecule has 0 saturated heterocycles. The number of nitrogens with one attached hydrogen (secondary N) is 2. The number of methoxy groups -OCH3 is 3. The lowest BCUT2D eigenvalue weighted by Crippen LogP contribution is -2.17. The maximum absolute atomic E-state index is 12.3. The summed E-state index contributed by atoms with van der Waals surface area (Å²) in [5.41, 5.74) is 4.40. The Bertz CT molecular complexity index is 963. The molecule has 3 rings (SSSR count). The summed E-state index contributed by atoms with van der Waals surface area (Å²) < 4.78 is 15.6. The molecule has 1 heterocycles. The third-order valence-corrected chi connectivity index (χ3v) is 3.88. The van der Waals surface area contributed by atoms with Crippen LogP contribution in [0.5, 0.6) is 17.2 Å². The number of carbonyl (C=O) groups is 1. The Kier molecular flexibility index (Phi) is 5.07. The molecule has 1 aromatic heterocycles. The Labute approximate surface area is 150 Å². The average Bonchev–Trinajstić information content (AvgIpc) is 3.11. The van der Waals surface area contributed by atoms with Crippen LogP contribution in [0.25, 0.3) is 10.9 Å². The van der Waals surface area contributed by atoms with E-state index in [4.69, 9.17) is 14.2 Å². The summed E-state index contributed by atoms with van der Waals surface area (Å²) in [5, 5.41) is 4.91. The van der Waals surface area contributed by atoms with Crippen molar-refractivity contribution in [1.29, 1.82) is 0 Å². The SMILES string of the molecule is COc1ccc(OC)c(C=NNC(=O)c2cc3ccc(OC)cc3[nH]2)c1. The quantitative estimate of drug-likeness (QED) is 0.527. The van der Waals surface area contributed by atoms with E-state index in [-0.39, 0.29) is 5.91 Å². The number of amides is 1. The molecular weight excluding hydrogens is 334 g/mol. The zero-order valence-electron chi connectivity index (χ0n) is 14.7. The van der Waals surface area contributed by atoms with Gasteiger partial charge in [0, 0.05) is 22.5 Å². The fraction of sp³-hybridized carbons (Fsp3) is 0.158. The van der Waals surface area contributed by atoms with Crippen molar-refractivity contribution in [2.45, 2.75) is 0 Å². The maximum atomic E-state index is 12.3. The van der Waals surface area contributed by atoms with Gasteiger partial charge in [-0.25, -0.2) is 5.43 Å². The van der Waals surface area contributed by atoms with Crippen LogP contribution in [-0.4, -0.2) is 38.4 Å². The van der Waals surface area contributed by atoms with Gasteiger partial charge in [0.2, 0.25) is 0 Å². The number of hydrazone groups is 1. The van der Waals surface area contributed by atoms with Crippen LogP contribution in [0.3, 0.4) is 0 Å². The lowest BCUT2D eigenvalue weighted by Gasteiger charge is -2.06. The number of carbonyl (C=O) groups excluding carboxylic acids is 1. The zero-order valence-corrected chi connectivity index (χ0v) is 14.7. The molecule has 1 amide bonds. The van der Waals surface area contributed by atoms with E-state index in [0.717, 1.165) is 16.7 Å². The Balaban J connectivity index is 1.75. The predicted octanol–water partition coefficient (Wildman–Crippen LogP) is 2.96. The lowest BCUT2D eigenvalue weighted by atomic mass is 10.2. The molecule has 0 aliphatic rings. The highest BCUT2D eigenvalue weighted by atomic mass is 16.5. The molecule has 0 spiro atoms. The molecule has 0 aliphatic carbocycles. The number of hydrogen-bond acceptors (Lipinski definition) is 5. The van der Waals surface area contributed by atoms with Gasteiger partial charge in [-0.3, -0.25) is 4.79 Å². The molecule has 0 bridgehead atoms. The van der Waals surface area contributed by atoms with E-state index in [9.17, 15) is 4.79 Å². The molecule has 0 atom stereocenters. The van der Waals surface area contributed by atoms with E-state index >= 15 is 0 Å². The first kappa shape index (κ1) is 17.3. The molecule has 2 aromatic carbocycles. The summed E-state index contributed by atoms with van der Waals surface area (Å²) in [6.07, 6.45) is 1.50. The van der Waals surface area contributed by atoms with Crippen LogP contribution in [0.2, 0.25) is 0 Å². The van der Waals surface area contributed by atoms with Crippen molar-refractivity contribution in [3.05, 3.63) is 53.7 Å². The lowest BCUT2D eigenvalue weighted by molar-refractivity contribution is 0.0951. The third-order valence-electron chi connectivity index (χ3n) is 3.88. The Morgan fingerprint density at radius 1 is 1.00 bits per heavy atom. The Hall–Kier alpha value is -3.48. The van der Waals surface area contributed by atoms with Crippen LogP contribution in [0, 0.1) is 0 Å². The standard InChI is InChI=1S/C19H19N3O4/c1-24-14-6-7-18(26-3)13(8-14)11-20-22-19(23)17-9-12-4-5-15(25-2)10-16(12)21-17/h4-11,21H,1-3H3,(H,22,23). The van der Waals surface area contributed by atoms with Gasteiger partial charge < -0.3 is 19.2 Å². The number of ether oxygens (including phenoxy) is 3. The highest BCUT2D eigenvalue weighted by molar-refractivity contribution is 5.98. The highest BCUT2D eigenvalue weighted by Gasteiger charge is 2.09. The maximum Gasteiger partial charge on any atom is 0.287 e.